The van der Waals surface area contributed by atoms with E-state index in [0.29, 0.717) is 12.8 Å². The largest absolute Gasteiger partial charge is 0.390 e. The molecule has 0 spiro atoms. The van der Waals surface area contributed by atoms with Crippen LogP contribution in [0.4, 0.5) is 0 Å². The first-order valence-corrected chi connectivity index (χ1v) is 7.03. The molecule has 0 amide bonds. The molecular formula is C14H22N2O4. The highest BCUT2D eigenvalue weighted by Crippen LogP contribution is 2.41. The average Bonchev–Trinajstić information content (AvgIpc) is 2.47. The van der Waals surface area contributed by atoms with Crippen LogP contribution in [0, 0.1) is 5.92 Å². The zero-order valence-corrected chi connectivity index (χ0v) is 12.1. The lowest BCUT2D eigenvalue weighted by molar-refractivity contribution is -0.274. The first-order valence-electron chi connectivity index (χ1n) is 7.03. The van der Waals surface area contributed by atoms with Gasteiger partial charge in [-0.3, -0.25) is 4.79 Å². The molecule has 0 aromatic carbocycles. The van der Waals surface area contributed by atoms with E-state index in [4.69, 9.17) is 4.74 Å². The summed E-state index contributed by atoms with van der Waals surface area (Å²) in [6, 6.07) is 1.32. The molecule has 2 rings (SSSR count). The van der Waals surface area contributed by atoms with Gasteiger partial charge in [-0.25, -0.2) is 0 Å². The van der Waals surface area contributed by atoms with Crippen LogP contribution >= 0.6 is 0 Å². The van der Waals surface area contributed by atoms with Gasteiger partial charge in [-0.05, 0) is 12.8 Å². The quantitative estimate of drug-likeness (QED) is 0.852. The smallest absolute Gasteiger partial charge is 0.272 e. The van der Waals surface area contributed by atoms with Crippen LogP contribution in [0.1, 0.15) is 39.8 Å². The molecule has 6 heteroatoms. The molecule has 0 saturated carbocycles. The van der Waals surface area contributed by atoms with Gasteiger partial charge in [0.15, 0.2) is 6.23 Å². The lowest BCUT2D eigenvalue weighted by atomic mass is 9.78. The van der Waals surface area contributed by atoms with Gasteiger partial charge in [-0.1, -0.05) is 20.8 Å². The van der Waals surface area contributed by atoms with Crippen molar-refractivity contribution in [3.05, 3.63) is 28.9 Å². The number of aliphatic hydroxyl groups is 2. The fourth-order valence-electron chi connectivity index (χ4n) is 2.88. The van der Waals surface area contributed by atoms with Crippen LogP contribution in [0.3, 0.4) is 0 Å². The number of hydrogen-bond donors (Lipinski definition) is 2. The second kappa shape index (κ2) is 5.63. The molecule has 1 aromatic rings. The SMILES string of the molecule is CCC1(CC)O[C@@H](n2ccc(=O)nc2)[C@@H](O)[C@@H](C)[C@@H]1O. The molecule has 0 radical (unpaired) electrons. The Morgan fingerprint density at radius 3 is 2.55 bits per heavy atom. The second-order valence-corrected chi connectivity index (χ2v) is 5.42. The van der Waals surface area contributed by atoms with Crippen molar-refractivity contribution in [3.8, 4) is 0 Å². The minimum atomic E-state index is -0.861. The first kappa shape index (κ1) is 15.2. The number of aliphatic hydroxyl groups excluding tert-OH is 2. The molecule has 2 N–H and O–H groups in total. The van der Waals surface area contributed by atoms with Gasteiger partial charge in [-0.2, -0.15) is 4.98 Å². The standard InChI is InChI=1S/C14H22N2O4/c1-4-14(5-2)12(19)9(3)11(18)13(20-14)16-7-6-10(17)15-8-16/h6-9,11-13,18-19H,4-5H2,1-3H3/t9-,11+,12+,13-/m1/s1. The van der Waals surface area contributed by atoms with Crippen molar-refractivity contribution in [2.75, 3.05) is 0 Å². The third kappa shape index (κ3) is 2.39. The Morgan fingerprint density at radius 2 is 2.05 bits per heavy atom. The maximum absolute atomic E-state index is 11.1. The summed E-state index contributed by atoms with van der Waals surface area (Å²) in [6.45, 7) is 5.72. The van der Waals surface area contributed by atoms with E-state index in [1.165, 1.54) is 12.4 Å². The molecule has 0 bridgehead atoms. The highest BCUT2D eigenvalue weighted by Gasteiger charge is 2.50. The van der Waals surface area contributed by atoms with Gasteiger partial charge in [0.2, 0.25) is 0 Å². The molecule has 1 saturated heterocycles. The van der Waals surface area contributed by atoms with E-state index >= 15 is 0 Å². The summed E-state index contributed by atoms with van der Waals surface area (Å²) < 4.78 is 7.59. The van der Waals surface area contributed by atoms with E-state index in [0.717, 1.165) is 0 Å². The van der Waals surface area contributed by atoms with Crippen LogP contribution in [-0.4, -0.2) is 37.6 Å². The monoisotopic (exact) mass is 282 g/mol. The number of hydrogen-bond acceptors (Lipinski definition) is 5. The molecule has 4 atom stereocenters. The van der Waals surface area contributed by atoms with Gasteiger partial charge in [0.05, 0.1) is 11.7 Å². The molecule has 0 unspecified atom stereocenters. The molecule has 112 valence electrons. The highest BCUT2D eigenvalue weighted by atomic mass is 16.6. The fourth-order valence-corrected chi connectivity index (χ4v) is 2.88. The second-order valence-electron chi connectivity index (χ2n) is 5.42. The molecule has 2 heterocycles. The number of aromatic nitrogens is 2. The lowest BCUT2D eigenvalue weighted by Gasteiger charge is -2.49. The van der Waals surface area contributed by atoms with E-state index in [9.17, 15) is 15.0 Å². The summed E-state index contributed by atoms with van der Waals surface area (Å²) in [7, 11) is 0. The summed E-state index contributed by atoms with van der Waals surface area (Å²) in [5.74, 6) is -0.326. The van der Waals surface area contributed by atoms with Crippen molar-refractivity contribution >= 4 is 0 Å². The Kier molecular flexibility index (Phi) is 4.27. The van der Waals surface area contributed by atoms with Gasteiger partial charge in [0, 0.05) is 18.2 Å². The minimum Gasteiger partial charge on any atom is -0.390 e. The van der Waals surface area contributed by atoms with Crippen molar-refractivity contribution in [1.29, 1.82) is 0 Å². The third-order valence-electron chi connectivity index (χ3n) is 4.42. The van der Waals surface area contributed by atoms with E-state index in [-0.39, 0.29) is 11.5 Å². The normalized spacial score (nSPS) is 33.0. The first-order chi connectivity index (χ1) is 9.45. The van der Waals surface area contributed by atoms with E-state index < -0.39 is 24.0 Å². The van der Waals surface area contributed by atoms with Crippen molar-refractivity contribution in [2.24, 2.45) is 5.92 Å². The van der Waals surface area contributed by atoms with Crippen molar-refractivity contribution < 1.29 is 14.9 Å². The average molecular weight is 282 g/mol. The molecule has 6 nitrogen and oxygen atoms in total. The van der Waals surface area contributed by atoms with E-state index in [1.807, 2.05) is 13.8 Å². The van der Waals surface area contributed by atoms with Gasteiger partial charge in [-0.15, -0.1) is 0 Å². The Labute approximate surface area is 118 Å². The summed E-state index contributed by atoms with van der Waals surface area (Å²) in [5, 5.41) is 20.7. The maximum Gasteiger partial charge on any atom is 0.272 e. The third-order valence-corrected chi connectivity index (χ3v) is 4.42. The van der Waals surface area contributed by atoms with Crippen LogP contribution in [0.15, 0.2) is 23.4 Å². The van der Waals surface area contributed by atoms with Crippen LogP contribution in [0.2, 0.25) is 0 Å². The predicted octanol–water partition coefficient (Wildman–Crippen LogP) is 0.689. The summed E-state index contributed by atoms with van der Waals surface area (Å²) in [6.07, 6.45) is 1.95. The number of rotatable bonds is 3. The Bertz CT molecular complexity index is 492. The van der Waals surface area contributed by atoms with Crippen LogP contribution in [0.5, 0.6) is 0 Å². The van der Waals surface area contributed by atoms with Crippen LogP contribution < -0.4 is 5.56 Å². The molecular weight excluding hydrogens is 260 g/mol. The van der Waals surface area contributed by atoms with Crippen molar-refractivity contribution in [3.63, 3.8) is 0 Å². The van der Waals surface area contributed by atoms with Gasteiger partial charge < -0.3 is 19.5 Å². The molecule has 1 aliphatic heterocycles. The van der Waals surface area contributed by atoms with Crippen molar-refractivity contribution in [1.82, 2.24) is 9.55 Å². The van der Waals surface area contributed by atoms with Gasteiger partial charge in [0.25, 0.3) is 5.56 Å². The molecule has 1 aliphatic rings. The summed E-state index contributed by atoms with van der Waals surface area (Å²) in [4.78, 5) is 14.8. The van der Waals surface area contributed by atoms with E-state index in [1.54, 1.807) is 17.7 Å². The Balaban J connectivity index is 2.37. The zero-order valence-electron chi connectivity index (χ0n) is 12.1. The number of ether oxygens (including phenoxy) is 1. The fraction of sp³-hybridized carbons (Fsp3) is 0.714. The lowest BCUT2D eigenvalue weighted by Crippen LogP contribution is -2.58. The molecule has 20 heavy (non-hydrogen) atoms. The molecule has 1 aromatic heterocycles. The summed E-state index contributed by atoms with van der Waals surface area (Å²) >= 11 is 0. The molecule has 0 aliphatic carbocycles. The maximum atomic E-state index is 11.1. The number of nitrogens with zero attached hydrogens (tertiary/aromatic N) is 2. The zero-order chi connectivity index (χ0) is 14.9. The van der Waals surface area contributed by atoms with Crippen LogP contribution in [-0.2, 0) is 4.74 Å². The Morgan fingerprint density at radius 1 is 1.40 bits per heavy atom. The van der Waals surface area contributed by atoms with Crippen molar-refractivity contribution in [2.45, 2.75) is 57.6 Å². The Hall–Kier alpha value is -1.24. The van der Waals surface area contributed by atoms with Gasteiger partial charge in [0.1, 0.15) is 12.4 Å². The van der Waals surface area contributed by atoms with Gasteiger partial charge >= 0.3 is 0 Å². The summed E-state index contributed by atoms with van der Waals surface area (Å²) in [5.41, 5.74) is -1.02. The molecule has 1 fully saturated rings. The van der Waals surface area contributed by atoms with Crippen LogP contribution in [0.25, 0.3) is 0 Å². The topological polar surface area (TPSA) is 84.6 Å². The predicted molar refractivity (Wildman–Crippen MR) is 73.1 cm³/mol. The van der Waals surface area contributed by atoms with E-state index in [2.05, 4.69) is 4.98 Å². The minimum absolute atomic E-state index is 0.326. The highest BCUT2D eigenvalue weighted by molar-refractivity contribution is 4.99.